The maximum absolute atomic E-state index is 12.4. The molecule has 0 fully saturated rings. The van der Waals surface area contributed by atoms with Crippen LogP contribution in [0.1, 0.15) is 17.5 Å². The van der Waals surface area contributed by atoms with Gasteiger partial charge in [0.1, 0.15) is 11.5 Å². The Labute approximate surface area is 160 Å². The first-order chi connectivity index (χ1) is 13.2. The van der Waals surface area contributed by atoms with Gasteiger partial charge in [0.15, 0.2) is 0 Å². The van der Waals surface area contributed by atoms with Gasteiger partial charge in [-0.15, -0.1) is 0 Å². The molecular formula is C22H26N2O3. The fourth-order valence-electron chi connectivity index (χ4n) is 3.13. The number of carbonyl (C=O) groups excluding carboxylic acids is 1. The van der Waals surface area contributed by atoms with E-state index in [1.165, 1.54) is 5.56 Å². The van der Waals surface area contributed by atoms with Crippen LogP contribution in [0.4, 0.5) is 0 Å². The lowest BCUT2D eigenvalue weighted by molar-refractivity contribution is -0.117. The summed E-state index contributed by atoms with van der Waals surface area (Å²) in [5, 5.41) is 3.00. The second kappa shape index (κ2) is 9.24. The lowest BCUT2D eigenvalue weighted by atomic mass is 10.1. The van der Waals surface area contributed by atoms with E-state index in [9.17, 15) is 4.79 Å². The third kappa shape index (κ3) is 5.34. The molecule has 5 nitrogen and oxygen atoms in total. The second-order valence-electron chi connectivity index (χ2n) is 6.60. The van der Waals surface area contributed by atoms with E-state index in [1.807, 2.05) is 42.5 Å². The molecule has 0 unspecified atom stereocenters. The van der Waals surface area contributed by atoms with Crippen LogP contribution < -0.4 is 14.8 Å². The van der Waals surface area contributed by atoms with Gasteiger partial charge in [-0.3, -0.25) is 9.69 Å². The number of rotatable bonds is 7. The number of carbonyl (C=O) groups is 1. The number of hydrogen-bond acceptors (Lipinski definition) is 4. The minimum Gasteiger partial charge on any atom is -0.497 e. The summed E-state index contributed by atoms with van der Waals surface area (Å²) in [4.78, 5) is 14.7. The van der Waals surface area contributed by atoms with E-state index < -0.39 is 0 Å². The number of benzene rings is 2. The van der Waals surface area contributed by atoms with E-state index in [0.29, 0.717) is 6.54 Å². The van der Waals surface area contributed by atoms with Crippen LogP contribution in [0.5, 0.6) is 11.5 Å². The molecular weight excluding hydrogens is 340 g/mol. The van der Waals surface area contributed by atoms with Gasteiger partial charge in [0.05, 0.1) is 14.2 Å². The van der Waals surface area contributed by atoms with Gasteiger partial charge in [-0.25, -0.2) is 0 Å². The van der Waals surface area contributed by atoms with Crippen molar-refractivity contribution in [2.45, 2.75) is 19.5 Å². The molecule has 1 aliphatic heterocycles. The Morgan fingerprint density at radius 3 is 2.48 bits per heavy atom. The molecule has 1 aliphatic rings. The average molecular weight is 366 g/mol. The molecule has 1 amide bonds. The standard InChI is InChI=1S/C22H26N2O3/c1-26-20-8-6-17(7-9-20)15-23-22(25)19-10-12-24(13-11-19)16-18-4-3-5-21(14-18)27-2/h3-10,14H,11-13,15-16H2,1-2H3,(H,23,25). The summed E-state index contributed by atoms with van der Waals surface area (Å²) in [7, 11) is 3.32. The van der Waals surface area contributed by atoms with Crippen molar-refractivity contribution in [3.05, 3.63) is 71.3 Å². The first-order valence-electron chi connectivity index (χ1n) is 9.13. The van der Waals surface area contributed by atoms with Gasteiger partial charge in [-0.2, -0.15) is 0 Å². The SMILES string of the molecule is COc1ccc(CNC(=O)C2=CCN(Cc3cccc(OC)c3)CC2)cc1. The summed E-state index contributed by atoms with van der Waals surface area (Å²) >= 11 is 0. The predicted octanol–water partition coefficient (Wildman–Crippen LogP) is 3.15. The number of hydrogen-bond donors (Lipinski definition) is 1. The topological polar surface area (TPSA) is 50.8 Å². The Hall–Kier alpha value is -2.79. The highest BCUT2D eigenvalue weighted by molar-refractivity contribution is 5.93. The van der Waals surface area contributed by atoms with Crippen molar-refractivity contribution in [2.24, 2.45) is 0 Å². The van der Waals surface area contributed by atoms with Crippen LogP contribution >= 0.6 is 0 Å². The van der Waals surface area contributed by atoms with Gasteiger partial charge in [0, 0.05) is 31.8 Å². The number of amides is 1. The molecule has 142 valence electrons. The third-order valence-corrected chi connectivity index (χ3v) is 4.74. The van der Waals surface area contributed by atoms with Gasteiger partial charge in [0.25, 0.3) is 0 Å². The largest absolute Gasteiger partial charge is 0.497 e. The highest BCUT2D eigenvalue weighted by atomic mass is 16.5. The summed E-state index contributed by atoms with van der Waals surface area (Å²) in [6.45, 7) is 3.03. The number of methoxy groups -OCH3 is 2. The fourth-order valence-corrected chi connectivity index (χ4v) is 3.13. The monoisotopic (exact) mass is 366 g/mol. The Kier molecular flexibility index (Phi) is 6.49. The molecule has 2 aromatic carbocycles. The Morgan fingerprint density at radius 2 is 1.81 bits per heavy atom. The molecule has 0 aliphatic carbocycles. The molecule has 0 atom stereocenters. The molecule has 2 aromatic rings. The van der Waals surface area contributed by atoms with E-state index >= 15 is 0 Å². The Morgan fingerprint density at radius 1 is 1.04 bits per heavy atom. The van der Waals surface area contributed by atoms with Crippen molar-refractivity contribution in [3.8, 4) is 11.5 Å². The normalized spacial score (nSPS) is 14.4. The van der Waals surface area contributed by atoms with E-state index in [0.717, 1.165) is 48.7 Å². The molecule has 3 rings (SSSR count). The number of nitrogens with one attached hydrogen (secondary N) is 1. The summed E-state index contributed by atoms with van der Waals surface area (Å²) in [5.41, 5.74) is 3.14. The van der Waals surface area contributed by atoms with E-state index in [2.05, 4.69) is 22.3 Å². The summed E-state index contributed by atoms with van der Waals surface area (Å²) < 4.78 is 10.4. The van der Waals surface area contributed by atoms with Gasteiger partial charge in [0.2, 0.25) is 5.91 Å². The minimum atomic E-state index is 0.0202. The van der Waals surface area contributed by atoms with Crippen LogP contribution in [0.15, 0.2) is 60.2 Å². The second-order valence-corrected chi connectivity index (χ2v) is 6.60. The van der Waals surface area contributed by atoms with Crippen LogP contribution in [0.3, 0.4) is 0 Å². The van der Waals surface area contributed by atoms with Crippen LogP contribution in [-0.2, 0) is 17.9 Å². The van der Waals surface area contributed by atoms with Crippen molar-refractivity contribution < 1.29 is 14.3 Å². The number of nitrogens with zero attached hydrogens (tertiary/aromatic N) is 1. The molecule has 0 saturated heterocycles. The quantitative estimate of drug-likeness (QED) is 0.818. The molecule has 0 saturated carbocycles. The lowest BCUT2D eigenvalue weighted by Gasteiger charge is -2.26. The average Bonchev–Trinajstić information content (AvgIpc) is 2.73. The van der Waals surface area contributed by atoms with Crippen LogP contribution in [0, 0.1) is 0 Å². The molecule has 0 radical (unpaired) electrons. The highest BCUT2D eigenvalue weighted by Gasteiger charge is 2.17. The zero-order valence-corrected chi connectivity index (χ0v) is 15.9. The number of ether oxygens (including phenoxy) is 2. The third-order valence-electron chi connectivity index (χ3n) is 4.74. The minimum absolute atomic E-state index is 0.0202. The first kappa shape index (κ1) is 19.0. The van der Waals surface area contributed by atoms with Crippen molar-refractivity contribution >= 4 is 5.91 Å². The zero-order valence-electron chi connectivity index (χ0n) is 15.9. The predicted molar refractivity (Wildman–Crippen MR) is 106 cm³/mol. The maximum atomic E-state index is 12.4. The molecule has 0 aromatic heterocycles. The van der Waals surface area contributed by atoms with Gasteiger partial charge < -0.3 is 14.8 Å². The molecule has 0 spiro atoms. The lowest BCUT2D eigenvalue weighted by Crippen LogP contribution is -2.33. The molecule has 0 bridgehead atoms. The van der Waals surface area contributed by atoms with Gasteiger partial charge >= 0.3 is 0 Å². The van der Waals surface area contributed by atoms with E-state index in [-0.39, 0.29) is 5.91 Å². The zero-order chi connectivity index (χ0) is 19.1. The Balaban J connectivity index is 1.49. The maximum Gasteiger partial charge on any atom is 0.247 e. The molecule has 1 N–H and O–H groups in total. The molecule has 1 heterocycles. The molecule has 27 heavy (non-hydrogen) atoms. The van der Waals surface area contributed by atoms with Crippen LogP contribution in [0.25, 0.3) is 0 Å². The van der Waals surface area contributed by atoms with Crippen molar-refractivity contribution in [3.63, 3.8) is 0 Å². The highest BCUT2D eigenvalue weighted by Crippen LogP contribution is 2.18. The van der Waals surface area contributed by atoms with Crippen LogP contribution in [-0.4, -0.2) is 38.1 Å². The fraction of sp³-hybridized carbons (Fsp3) is 0.318. The summed E-state index contributed by atoms with van der Waals surface area (Å²) in [5.74, 6) is 1.71. The van der Waals surface area contributed by atoms with E-state index in [1.54, 1.807) is 14.2 Å². The van der Waals surface area contributed by atoms with E-state index in [4.69, 9.17) is 9.47 Å². The van der Waals surface area contributed by atoms with Crippen molar-refractivity contribution in [2.75, 3.05) is 27.3 Å². The van der Waals surface area contributed by atoms with Crippen LogP contribution in [0.2, 0.25) is 0 Å². The van der Waals surface area contributed by atoms with Crippen molar-refractivity contribution in [1.29, 1.82) is 0 Å². The Bertz CT molecular complexity index is 799. The first-order valence-corrected chi connectivity index (χ1v) is 9.13. The smallest absolute Gasteiger partial charge is 0.247 e. The van der Waals surface area contributed by atoms with Gasteiger partial charge in [-0.1, -0.05) is 30.3 Å². The summed E-state index contributed by atoms with van der Waals surface area (Å²) in [6, 6.07) is 15.8. The van der Waals surface area contributed by atoms with Crippen molar-refractivity contribution in [1.82, 2.24) is 10.2 Å². The molecule has 5 heteroatoms. The summed E-state index contributed by atoms with van der Waals surface area (Å²) in [6.07, 6.45) is 2.80. The van der Waals surface area contributed by atoms with Gasteiger partial charge in [-0.05, 0) is 41.8 Å².